The van der Waals surface area contributed by atoms with E-state index in [0.717, 1.165) is 61.4 Å². The zero-order chi connectivity index (χ0) is 17.8. The zero-order valence-corrected chi connectivity index (χ0v) is 15.5. The summed E-state index contributed by atoms with van der Waals surface area (Å²) < 4.78 is 6.04. The summed E-state index contributed by atoms with van der Waals surface area (Å²) in [6.45, 7) is 6.25. The third-order valence-electron chi connectivity index (χ3n) is 4.88. The van der Waals surface area contributed by atoms with Crippen LogP contribution in [0.4, 0.5) is 0 Å². The molecule has 2 heterocycles. The Balaban J connectivity index is 1.30. The molecule has 0 bridgehead atoms. The van der Waals surface area contributed by atoms with Gasteiger partial charge in [-0.15, -0.1) is 0 Å². The molecule has 26 heavy (non-hydrogen) atoms. The van der Waals surface area contributed by atoms with Crippen LogP contribution in [-0.2, 0) is 13.1 Å². The summed E-state index contributed by atoms with van der Waals surface area (Å²) in [5.41, 5.74) is 2.45. The molecule has 3 aromatic rings. The van der Waals surface area contributed by atoms with Crippen molar-refractivity contribution in [3.63, 3.8) is 0 Å². The monoisotopic (exact) mass is 366 g/mol. The van der Waals surface area contributed by atoms with E-state index in [1.54, 1.807) is 0 Å². The first-order valence-corrected chi connectivity index (χ1v) is 9.47. The largest absolute Gasteiger partial charge is 0.460 e. The molecule has 1 fully saturated rings. The Morgan fingerprint density at radius 3 is 2.08 bits per heavy atom. The van der Waals surface area contributed by atoms with Crippen molar-refractivity contribution < 1.29 is 4.42 Å². The minimum atomic E-state index is 0.744. The smallest absolute Gasteiger partial charge is 0.134 e. The third-order valence-corrected chi connectivity index (χ3v) is 5.14. The normalized spacial score (nSPS) is 16.0. The fourth-order valence-electron chi connectivity index (χ4n) is 3.40. The highest BCUT2D eigenvalue weighted by Gasteiger charge is 2.18. The van der Waals surface area contributed by atoms with E-state index in [-0.39, 0.29) is 0 Å². The molecule has 4 rings (SSSR count). The van der Waals surface area contributed by atoms with Crippen molar-refractivity contribution in [2.45, 2.75) is 13.1 Å². The molecule has 0 radical (unpaired) electrons. The number of rotatable bonds is 5. The molecule has 0 atom stereocenters. The Kier molecular flexibility index (Phi) is 5.40. The van der Waals surface area contributed by atoms with E-state index in [0.29, 0.717) is 0 Å². The molecule has 1 aliphatic rings. The van der Waals surface area contributed by atoms with Gasteiger partial charge in [-0.2, -0.15) is 0 Å². The molecule has 1 aromatic heterocycles. The van der Waals surface area contributed by atoms with Crippen molar-refractivity contribution >= 4 is 11.6 Å². The van der Waals surface area contributed by atoms with E-state index in [9.17, 15) is 0 Å². The number of benzene rings is 2. The summed E-state index contributed by atoms with van der Waals surface area (Å²) >= 11 is 5.95. The van der Waals surface area contributed by atoms with Gasteiger partial charge in [-0.25, -0.2) is 0 Å². The summed E-state index contributed by atoms with van der Waals surface area (Å²) in [6.07, 6.45) is 0. The van der Waals surface area contributed by atoms with Gasteiger partial charge in [0.05, 0.1) is 6.54 Å². The number of furan rings is 1. The fourth-order valence-corrected chi connectivity index (χ4v) is 3.53. The van der Waals surface area contributed by atoms with Crippen molar-refractivity contribution in [1.29, 1.82) is 0 Å². The Hall–Kier alpha value is -2.07. The molecule has 0 spiro atoms. The minimum absolute atomic E-state index is 0.744. The highest BCUT2D eigenvalue weighted by atomic mass is 35.5. The lowest BCUT2D eigenvalue weighted by Gasteiger charge is -2.34. The highest BCUT2D eigenvalue weighted by Crippen LogP contribution is 2.24. The SMILES string of the molecule is Clc1ccc(-c2ccc(CN3CCN(Cc4ccccc4)CC3)o2)cc1. The topological polar surface area (TPSA) is 19.6 Å². The van der Waals surface area contributed by atoms with Gasteiger partial charge in [-0.05, 0) is 42.0 Å². The molecule has 134 valence electrons. The standard InChI is InChI=1S/C22H23ClN2O/c23-20-8-6-19(7-9-20)22-11-10-21(26-22)17-25-14-12-24(13-15-25)16-18-4-2-1-3-5-18/h1-11H,12-17H2. The van der Waals surface area contributed by atoms with Crippen molar-refractivity contribution in [3.05, 3.63) is 83.1 Å². The second kappa shape index (κ2) is 8.09. The summed E-state index contributed by atoms with van der Waals surface area (Å²) in [4.78, 5) is 4.99. The number of halogens is 1. The lowest BCUT2D eigenvalue weighted by molar-refractivity contribution is 0.116. The van der Waals surface area contributed by atoms with Gasteiger partial charge in [-0.3, -0.25) is 9.80 Å². The van der Waals surface area contributed by atoms with Crippen LogP contribution in [0.25, 0.3) is 11.3 Å². The first kappa shape index (κ1) is 17.3. The molecule has 0 amide bonds. The second-order valence-electron chi connectivity index (χ2n) is 6.81. The van der Waals surface area contributed by atoms with Crippen LogP contribution in [0.1, 0.15) is 11.3 Å². The highest BCUT2D eigenvalue weighted by molar-refractivity contribution is 6.30. The number of nitrogens with zero attached hydrogens (tertiary/aromatic N) is 2. The van der Waals surface area contributed by atoms with Gasteiger partial charge in [0.15, 0.2) is 0 Å². The third kappa shape index (κ3) is 4.36. The van der Waals surface area contributed by atoms with Crippen LogP contribution in [0.3, 0.4) is 0 Å². The molecule has 1 saturated heterocycles. The first-order chi connectivity index (χ1) is 12.8. The van der Waals surface area contributed by atoms with E-state index in [2.05, 4.69) is 46.2 Å². The van der Waals surface area contributed by atoms with Crippen LogP contribution in [0.5, 0.6) is 0 Å². The predicted molar refractivity (Wildman–Crippen MR) is 106 cm³/mol. The Morgan fingerprint density at radius 2 is 1.38 bits per heavy atom. The van der Waals surface area contributed by atoms with Crippen molar-refractivity contribution in [2.75, 3.05) is 26.2 Å². The van der Waals surface area contributed by atoms with Crippen LogP contribution in [0.15, 0.2) is 71.1 Å². The molecule has 4 heteroatoms. The van der Waals surface area contributed by atoms with Crippen LogP contribution >= 0.6 is 11.6 Å². The average molecular weight is 367 g/mol. The molecule has 0 unspecified atom stereocenters. The van der Waals surface area contributed by atoms with Gasteiger partial charge < -0.3 is 4.42 Å². The Labute approximate surface area is 159 Å². The number of hydrogen-bond donors (Lipinski definition) is 0. The first-order valence-electron chi connectivity index (χ1n) is 9.09. The summed E-state index contributed by atoms with van der Waals surface area (Å²) in [6, 6.07) is 22.6. The van der Waals surface area contributed by atoms with E-state index in [4.69, 9.17) is 16.0 Å². The van der Waals surface area contributed by atoms with E-state index >= 15 is 0 Å². The maximum absolute atomic E-state index is 6.04. The minimum Gasteiger partial charge on any atom is -0.460 e. The predicted octanol–water partition coefficient (Wildman–Crippen LogP) is 4.92. The van der Waals surface area contributed by atoms with Crippen LogP contribution in [0.2, 0.25) is 5.02 Å². The van der Waals surface area contributed by atoms with Gasteiger partial charge in [-0.1, -0.05) is 41.9 Å². The maximum atomic E-state index is 6.04. The molecular weight excluding hydrogens is 344 g/mol. The van der Waals surface area contributed by atoms with Gasteiger partial charge >= 0.3 is 0 Å². The maximum Gasteiger partial charge on any atom is 0.134 e. The summed E-state index contributed by atoms with van der Waals surface area (Å²) in [5.74, 6) is 1.92. The molecular formula is C22H23ClN2O. The quantitative estimate of drug-likeness (QED) is 0.639. The molecule has 2 aromatic carbocycles. The molecule has 0 N–H and O–H groups in total. The van der Waals surface area contributed by atoms with Gasteiger partial charge in [0.1, 0.15) is 11.5 Å². The lowest BCUT2D eigenvalue weighted by Crippen LogP contribution is -2.45. The van der Waals surface area contributed by atoms with Gasteiger partial charge in [0.2, 0.25) is 0 Å². The van der Waals surface area contributed by atoms with Crippen LogP contribution in [-0.4, -0.2) is 36.0 Å². The second-order valence-corrected chi connectivity index (χ2v) is 7.25. The number of piperazine rings is 1. The fraction of sp³-hybridized carbons (Fsp3) is 0.273. The van der Waals surface area contributed by atoms with Crippen LogP contribution in [0, 0.1) is 0 Å². The van der Waals surface area contributed by atoms with E-state index in [1.807, 2.05) is 30.3 Å². The van der Waals surface area contributed by atoms with Crippen molar-refractivity contribution in [1.82, 2.24) is 9.80 Å². The van der Waals surface area contributed by atoms with Crippen molar-refractivity contribution in [2.24, 2.45) is 0 Å². The average Bonchev–Trinajstić information content (AvgIpc) is 3.13. The Morgan fingerprint density at radius 1 is 0.731 bits per heavy atom. The van der Waals surface area contributed by atoms with E-state index in [1.165, 1.54) is 5.56 Å². The summed E-state index contributed by atoms with van der Waals surface area (Å²) in [7, 11) is 0. The van der Waals surface area contributed by atoms with Gasteiger partial charge in [0, 0.05) is 43.3 Å². The summed E-state index contributed by atoms with van der Waals surface area (Å²) in [5, 5.41) is 0.744. The molecule has 1 aliphatic heterocycles. The zero-order valence-electron chi connectivity index (χ0n) is 14.8. The molecule has 0 aliphatic carbocycles. The lowest BCUT2D eigenvalue weighted by atomic mass is 10.2. The Bertz CT molecular complexity index is 821. The van der Waals surface area contributed by atoms with Crippen LogP contribution < -0.4 is 0 Å². The van der Waals surface area contributed by atoms with E-state index < -0.39 is 0 Å². The molecule has 0 saturated carbocycles. The van der Waals surface area contributed by atoms with Gasteiger partial charge in [0.25, 0.3) is 0 Å². The molecule has 3 nitrogen and oxygen atoms in total. The van der Waals surface area contributed by atoms with Crippen molar-refractivity contribution in [3.8, 4) is 11.3 Å². The number of hydrogen-bond acceptors (Lipinski definition) is 3.